The van der Waals surface area contributed by atoms with E-state index in [1.807, 2.05) is 6.92 Å². The number of allylic oxidation sites excluding steroid dienone is 1. The Bertz CT molecular complexity index is 88.5. The molecule has 0 saturated carbocycles. The van der Waals surface area contributed by atoms with Crippen molar-refractivity contribution in [3.05, 3.63) is 12.3 Å². The van der Waals surface area contributed by atoms with Crippen molar-refractivity contribution in [3.8, 4) is 0 Å². The van der Waals surface area contributed by atoms with Crippen LogP contribution in [0.4, 0.5) is 0 Å². The molecule has 2 heteroatoms. The van der Waals surface area contributed by atoms with Gasteiger partial charge in [-0.3, -0.25) is 0 Å². The van der Waals surface area contributed by atoms with Crippen LogP contribution in [-0.4, -0.2) is 11.3 Å². The van der Waals surface area contributed by atoms with Gasteiger partial charge in [0.2, 0.25) is 0 Å². The van der Waals surface area contributed by atoms with Crippen LogP contribution in [0, 0.1) is 11.3 Å². The van der Waals surface area contributed by atoms with Gasteiger partial charge in [0.25, 0.3) is 0 Å². The Morgan fingerprint density at radius 3 is 2.75 bits per heavy atom. The maximum Gasteiger partial charge on any atom is 0.0751 e. The first-order chi connectivity index (χ1) is 3.81. The van der Waals surface area contributed by atoms with Crippen LogP contribution in [0.5, 0.6) is 0 Å². The Hall–Kier alpha value is -0.790. The molecule has 0 aliphatic heterocycles. The molecule has 0 saturated heterocycles. The normalized spacial score (nSPS) is 14.1. The second kappa shape index (κ2) is 4.37. The van der Waals surface area contributed by atoms with Crippen LogP contribution in [0.1, 0.15) is 13.3 Å². The first kappa shape index (κ1) is 7.21. The summed E-state index contributed by atoms with van der Waals surface area (Å²) in [6, 6.07) is 0. The number of aliphatic hydroxyl groups excluding tert-OH is 1. The molecule has 0 radical (unpaired) electrons. The smallest absolute Gasteiger partial charge is 0.0751 e. The van der Waals surface area contributed by atoms with Gasteiger partial charge in [-0.15, -0.1) is 0 Å². The van der Waals surface area contributed by atoms with Gasteiger partial charge >= 0.3 is 0 Å². The molecule has 46 valence electrons. The number of hydrogen-bond acceptors (Lipinski definition) is 2. The molecule has 0 aromatic rings. The molecule has 0 aliphatic rings. The highest BCUT2D eigenvalue weighted by Crippen LogP contribution is 1.96. The summed E-state index contributed by atoms with van der Waals surface area (Å²) in [6.45, 7) is 1.92. The van der Waals surface area contributed by atoms with Crippen molar-refractivity contribution >= 4 is 6.21 Å². The lowest BCUT2D eigenvalue weighted by Gasteiger charge is -1.94. The summed E-state index contributed by atoms with van der Waals surface area (Å²) >= 11 is 0. The zero-order valence-corrected chi connectivity index (χ0v) is 4.96. The van der Waals surface area contributed by atoms with E-state index in [1.165, 1.54) is 6.21 Å². The highest BCUT2D eigenvalue weighted by atomic mass is 16.2. The van der Waals surface area contributed by atoms with Crippen molar-refractivity contribution in [1.29, 1.82) is 5.41 Å². The van der Waals surface area contributed by atoms with Crippen LogP contribution in [0.3, 0.4) is 0 Å². The third-order valence-corrected chi connectivity index (χ3v) is 0.898. The van der Waals surface area contributed by atoms with E-state index in [9.17, 15) is 0 Å². The summed E-state index contributed by atoms with van der Waals surface area (Å²) in [5.41, 5.74) is 0. The van der Waals surface area contributed by atoms with Crippen molar-refractivity contribution in [2.75, 3.05) is 0 Å². The molecule has 2 nitrogen and oxygen atoms in total. The van der Waals surface area contributed by atoms with Crippen molar-refractivity contribution in [1.82, 2.24) is 0 Å². The topological polar surface area (TPSA) is 44.1 Å². The molecule has 0 spiro atoms. The lowest BCUT2D eigenvalue weighted by Crippen LogP contribution is -1.90. The molecule has 0 bridgehead atoms. The van der Waals surface area contributed by atoms with Gasteiger partial charge in [-0.1, -0.05) is 6.92 Å². The monoisotopic (exact) mass is 113 g/mol. The molecule has 2 N–H and O–H groups in total. The first-order valence-corrected chi connectivity index (χ1v) is 2.61. The summed E-state index contributed by atoms with van der Waals surface area (Å²) in [5.74, 6) is 0.249. The van der Waals surface area contributed by atoms with Crippen molar-refractivity contribution in [3.63, 3.8) is 0 Å². The van der Waals surface area contributed by atoms with Gasteiger partial charge in [0.1, 0.15) is 0 Å². The van der Waals surface area contributed by atoms with Gasteiger partial charge in [0.05, 0.1) is 6.26 Å². The fourth-order valence-electron chi connectivity index (χ4n) is 0.344. The summed E-state index contributed by atoms with van der Waals surface area (Å²) in [4.78, 5) is 0. The predicted octanol–water partition coefficient (Wildman–Crippen LogP) is 1.73. The summed E-state index contributed by atoms with van der Waals surface area (Å²) in [5, 5.41) is 14.9. The molecule has 0 amide bonds. The Labute approximate surface area is 49.4 Å². The Kier molecular flexibility index (Phi) is 3.94. The quantitative estimate of drug-likeness (QED) is 0.425. The molecule has 0 rings (SSSR count). The maximum atomic E-state index is 8.15. The maximum absolute atomic E-state index is 8.15. The number of nitrogens with one attached hydrogen (secondary N) is 1. The van der Waals surface area contributed by atoms with Crippen molar-refractivity contribution in [2.45, 2.75) is 13.3 Å². The minimum absolute atomic E-state index is 0.249. The van der Waals surface area contributed by atoms with E-state index < -0.39 is 0 Å². The van der Waals surface area contributed by atoms with Gasteiger partial charge in [0, 0.05) is 0 Å². The fourth-order valence-corrected chi connectivity index (χ4v) is 0.344. The van der Waals surface area contributed by atoms with E-state index in [0.717, 1.165) is 12.7 Å². The first-order valence-electron chi connectivity index (χ1n) is 2.61. The zero-order valence-electron chi connectivity index (χ0n) is 4.96. The Balaban J connectivity index is 3.23. The molecular formula is C6H11NO. The van der Waals surface area contributed by atoms with Crippen LogP contribution in [-0.2, 0) is 0 Å². The Morgan fingerprint density at radius 2 is 2.38 bits per heavy atom. The van der Waals surface area contributed by atoms with E-state index in [4.69, 9.17) is 10.5 Å². The largest absolute Gasteiger partial charge is 0.516 e. The van der Waals surface area contributed by atoms with Crippen molar-refractivity contribution < 1.29 is 5.11 Å². The minimum atomic E-state index is 0.249. The molecule has 0 aromatic carbocycles. The van der Waals surface area contributed by atoms with Crippen LogP contribution < -0.4 is 0 Å². The van der Waals surface area contributed by atoms with Gasteiger partial charge in [-0.05, 0) is 24.6 Å². The molecule has 0 aromatic heterocycles. The molecule has 0 heterocycles. The zero-order chi connectivity index (χ0) is 6.41. The average molecular weight is 113 g/mol. The van der Waals surface area contributed by atoms with Gasteiger partial charge < -0.3 is 10.5 Å². The SMILES string of the molecule is CC(C=N)CC=CO. The summed E-state index contributed by atoms with van der Waals surface area (Å²) in [7, 11) is 0. The van der Waals surface area contributed by atoms with Gasteiger partial charge in [-0.25, -0.2) is 0 Å². The van der Waals surface area contributed by atoms with E-state index in [0.29, 0.717) is 0 Å². The lowest BCUT2D eigenvalue weighted by atomic mass is 10.1. The van der Waals surface area contributed by atoms with Gasteiger partial charge in [0.15, 0.2) is 0 Å². The van der Waals surface area contributed by atoms with E-state index in [-0.39, 0.29) is 5.92 Å². The van der Waals surface area contributed by atoms with E-state index in [2.05, 4.69) is 0 Å². The number of hydrogen-bond donors (Lipinski definition) is 2. The number of rotatable bonds is 3. The summed E-state index contributed by atoms with van der Waals surface area (Å²) < 4.78 is 0. The third kappa shape index (κ3) is 3.40. The minimum Gasteiger partial charge on any atom is -0.516 e. The van der Waals surface area contributed by atoms with Gasteiger partial charge in [-0.2, -0.15) is 0 Å². The molecular weight excluding hydrogens is 102 g/mol. The van der Waals surface area contributed by atoms with Crippen LogP contribution in [0.2, 0.25) is 0 Å². The predicted molar refractivity (Wildman–Crippen MR) is 34.3 cm³/mol. The highest BCUT2D eigenvalue weighted by molar-refractivity contribution is 5.56. The molecule has 0 aliphatic carbocycles. The second-order valence-electron chi connectivity index (χ2n) is 1.76. The standard InChI is InChI=1S/C6H11NO/c1-6(5-7)3-2-4-8/h2,4-8H,3H2,1H3. The highest BCUT2D eigenvalue weighted by Gasteiger charge is 1.89. The fraction of sp³-hybridized carbons (Fsp3) is 0.500. The van der Waals surface area contributed by atoms with Crippen LogP contribution in [0.15, 0.2) is 12.3 Å². The van der Waals surface area contributed by atoms with E-state index in [1.54, 1.807) is 6.08 Å². The Morgan fingerprint density at radius 1 is 1.75 bits per heavy atom. The molecule has 1 atom stereocenters. The van der Waals surface area contributed by atoms with Crippen LogP contribution >= 0.6 is 0 Å². The number of aliphatic hydroxyl groups is 1. The molecule has 0 fully saturated rings. The van der Waals surface area contributed by atoms with Crippen LogP contribution in [0.25, 0.3) is 0 Å². The molecule has 8 heavy (non-hydrogen) atoms. The van der Waals surface area contributed by atoms with E-state index >= 15 is 0 Å². The second-order valence-corrected chi connectivity index (χ2v) is 1.76. The lowest BCUT2D eigenvalue weighted by molar-refractivity contribution is 0.469. The average Bonchev–Trinajstić information content (AvgIpc) is 1.83. The summed E-state index contributed by atoms with van der Waals surface area (Å²) in [6.07, 6.45) is 4.76. The third-order valence-electron chi connectivity index (χ3n) is 0.898. The van der Waals surface area contributed by atoms with Crippen molar-refractivity contribution in [2.24, 2.45) is 5.92 Å². The molecule has 1 unspecified atom stereocenters.